The van der Waals surface area contributed by atoms with E-state index in [0.29, 0.717) is 25.4 Å². The van der Waals surface area contributed by atoms with Gasteiger partial charge in [0.15, 0.2) is 0 Å². The Kier molecular flexibility index (Phi) is 6.86. The molecule has 2 N–H and O–H groups in total. The van der Waals surface area contributed by atoms with Gasteiger partial charge in [0.25, 0.3) is 5.91 Å². The van der Waals surface area contributed by atoms with Crippen LogP contribution in [0, 0.1) is 5.41 Å². The van der Waals surface area contributed by atoms with E-state index in [4.69, 9.17) is 10.5 Å². The first kappa shape index (κ1) is 21.7. The topological polar surface area (TPSA) is 92.9 Å². The van der Waals surface area contributed by atoms with Crippen LogP contribution >= 0.6 is 12.4 Å². The minimum Gasteiger partial charge on any atom is -0.496 e. The first-order valence-electron chi connectivity index (χ1n) is 7.74. The van der Waals surface area contributed by atoms with Gasteiger partial charge in [0.1, 0.15) is 5.75 Å². The normalized spacial score (nSPS) is 20.8. The quantitative estimate of drug-likeness (QED) is 0.813. The highest BCUT2D eigenvalue weighted by Gasteiger charge is 2.39. The van der Waals surface area contributed by atoms with Crippen molar-refractivity contribution in [2.24, 2.45) is 11.1 Å². The number of amides is 1. The molecule has 0 aromatic heterocycles. The van der Waals surface area contributed by atoms with E-state index >= 15 is 0 Å². The molecule has 1 aliphatic rings. The van der Waals surface area contributed by atoms with E-state index in [-0.39, 0.29) is 34.2 Å². The highest BCUT2D eigenvalue weighted by Crippen LogP contribution is 2.33. The van der Waals surface area contributed by atoms with Crippen LogP contribution in [0.3, 0.4) is 0 Å². The van der Waals surface area contributed by atoms with E-state index in [0.717, 1.165) is 6.42 Å². The molecule has 9 heteroatoms. The highest BCUT2D eigenvalue weighted by atomic mass is 35.5. The molecule has 25 heavy (non-hydrogen) atoms. The number of sulfonamides is 1. The molecule has 1 aromatic carbocycles. The summed E-state index contributed by atoms with van der Waals surface area (Å²) in [6.45, 7) is 3.23. The van der Waals surface area contributed by atoms with Gasteiger partial charge in [0.05, 0.1) is 17.6 Å². The van der Waals surface area contributed by atoms with Crippen molar-refractivity contribution in [2.75, 3.05) is 40.8 Å². The fourth-order valence-electron chi connectivity index (χ4n) is 2.75. The summed E-state index contributed by atoms with van der Waals surface area (Å²) >= 11 is 0. The second-order valence-corrected chi connectivity index (χ2v) is 8.60. The maximum Gasteiger partial charge on any atom is 0.257 e. The largest absolute Gasteiger partial charge is 0.496 e. The maximum absolute atomic E-state index is 12.9. The van der Waals surface area contributed by atoms with Crippen LogP contribution < -0.4 is 10.5 Å². The predicted molar refractivity (Wildman–Crippen MR) is 98.8 cm³/mol. The van der Waals surface area contributed by atoms with Crippen LogP contribution in [0.5, 0.6) is 5.75 Å². The van der Waals surface area contributed by atoms with E-state index < -0.39 is 10.0 Å². The number of nitrogens with zero attached hydrogens (tertiary/aromatic N) is 2. The highest BCUT2D eigenvalue weighted by molar-refractivity contribution is 7.89. The second kappa shape index (κ2) is 7.90. The van der Waals surface area contributed by atoms with Gasteiger partial charge in [-0.1, -0.05) is 6.92 Å². The Morgan fingerprint density at radius 1 is 1.40 bits per heavy atom. The first-order valence-corrected chi connectivity index (χ1v) is 9.18. The van der Waals surface area contributed by atoms with Crippen molar-refractivity contribution in [2.45, 2.75) is 18.2 Å². The fourth-order valence-corrected chi connectivity index (χ4v) is 4.37. The number of rotatable bonds is 5. The van der Waals surface area contributed by atoms with Gasteiger partial charge in [-0.3, -0.25) is 4.79 Å². The lowest BCUT2D eigenvalue weighted by atomic mass is 9.90. The third-order valence-corrected chi connectivity index (χ3v) is 6.30. The van der Waals surface area contributed by atoms with Crippen molar-refractivity contribution in [3.8, 4) is 5.75 Å². The molecule has 2 rings (SSSR count). The lowest BCUT2D eigenvalue weighted by molar-refractivity contribution is 0.0824. The Balaban J connectivity index is 0.00000312. The molecule has 0 saturated carbocycles. The maximum atomic E-state index is 12.9. The van der Waals surface area contributed by atoms with Gasteiger partial charge in [0.2, 0.25) is 10.0 Å². The lowest BCUT2D eigenvalue weighted by Gasteiger charge is -2.23. The Hall–Kier alpha value is -1.35. The summed E-state index contributed by atoms with van der Waals surface area (Å²) in [7, 11) is 0.987. The summed E-state index contributed by atoms with van der Waals surface area (Å²) in [5, 5.41) is 0. The van der Waals surface area contributed by atoms with Gasteiger partial charge in [0, 0.05) is 27.2 Å². The van der Waals surface area contributed by atoms with E-state index in [2.05, 4.69) is 0 Å². The summed E-state index contributed by atoms with van der Waals surface area (Å²) in [6, 6.07) is 4.37. The van der Waals surface area contributed by atoms with Crippen LogP contribution in [-0.2, 0) is 10.0 Å². The number of ether oxygens (including phenoxy) is 1. The summed E-state index contributed by atoms with van der Waals surface area (Å²) in [4.78, 5) is 13.8. The van der Waals surface area contributed by atoms with Crippen LogP contribution in [0.2, 0.25) is 0 Å². The molecule has 0 spiro atoms. The van der Waals surface area contributed by atoms with E-state index in [1.165, 1.54) is 34.5 Å². The van der Waals surface area contributed by atoms with Gasteiger partial charge in [-0.2, -0.15) is 4.31 Å². The predicted octanol–water partition coefficient (Wildman–Crippen LogP) is 1.18. The van der Waals surface area contributed by atoms with Gasteiger partial charge in [-0.15, -0.1) is 12.4 Å². The standard InChI is InChI=1S/C16H25N3O4S.ClH/c1-16(10-17)7-8-19(11-16)24(21,22)12-5-6-14(23-4)13(9-12)15(20)18(2)3;/h5-6,9H,7-8,10-11,17H2,1-4H3;1H. The molecule has 1 unspecified atom stereocenters. The molecule has 1 saturated heterocycles. The zero-order chi connectivity index (χ0) is 18.1. The number of methoxy groups -OCH3 is 1. The lowest BCUT2D eigenvalue weighted by Crippen LogP contribution is -2.34. The zero-order valence-corrected chi connectivity index (χ0v) is 16.6. The smallest absolute Gasteiger partial charge is 0.257 e. The first-order chi connectivity index (χ1) is 11.1. The summed E-state index contributed by atoms with van der Waals surface area (Å²) in [5.74, 6) is 0.0398. The third-order valence-electron chi connectivity index (χ3n) is 4.46. The molecule has 0 radical (unpaired) electrons. The van der Waals surface area contributed by atoms with Gasteiger partial charge < -0.3 is 15.4 Å². The summed E-state index contributed by atoms with van der Waals surface area (Å²) in [6.07, 6.45) is 0.725. The monoisotopic (exact) mass is 391 g/mol. The molecule has 1 amide bonds. The Morgan fingerprint density at radius 3 is 2.52 bits per heavy atom. The number of hydrogen-bond donors (Lipinski definition) is 1. The minimum atomic E-state index is -3.68. The van der Waals surface area contributed by atoms with Crippen LogP contribution in [0.4, 0.5) is 0 Å². The molecule has 1 fully saturated rings. The van der Waals surface area contributed by atoms with E-state index in [9.17, 15) is 13.2 Å². The van der Waals surface area contributed by atoms with E-state index in [1.54, 1.807) is 14.1 Å². The number of nitrogens with two attached hydrogens (primary N) is 1. The molecular weight excluding hydrogens is 366 g/mol. The van der Waals surface area contributed by atoms with Crippen molar-refractivity contribution in [3.05, 3.63) is 23.8 Å². The molecule has 1 heterocycles. The molecular formula is C16H26ClN3O4S. The molecule has 1 atom stereocenters. The molecule has 1 aromatic rings. The van der Waals surface area contributed by atoms with E-state index in [1.807, 2.05) is 6.92 Å². The van der Waals surface area contributed by atoms with Crippen molar-refractivity contribution >= 4 is 28.3 Å². The molecule has 1 aliphatic heterocycles. The van der Waals surface area contributed by atoms with Crippen LogP contribution in [0.1, 0.15) is 23.7 Å². The molecule has 0 aliphatic carbocycles. The van der Waals surface area contributed by atoms with Crippen LogP contribution in [-0.4, -0.2) is 64.4 Å². The summed E-state index contributed by atoms with van der Waals surface area (Å²) < 4.78 is 32.4. The van der Waals surface area contributed by atoms with Crippen molar-refractivity contribution < 1.29 is 17.9 Å². The Labute approximate surface area is 155 Å². The van der Waals surface area contributed by atoms with Gasteiger partial charge >= 0.3 is 0 Å². The van der Waals surface area contributed by atoms with Crippen LogP contribution in [0.15, 0.2) is 23.1 Å². The minimum absolute atomic E-state index is 0. The number of benzene rings is 1. The van der Waals surface area contributed by atoms with Crippen molar-refractivity contribution in [1.29, 1.82) is 0 Å². The SMILES string of the molecule is COc1ccc(S(=O)(=O)N2CCC(C)(CN)C2)cc1C(=O)N(C)C.Cl. The van der Waals surface area contributed by atoms with Gasteiger partial charge in [-0.25, -0.2) is 8.42 Å². The molecule has 142 valence electrons. The van der Waals surface area contributed by atoms with Crippen molar-refractivity contribution in [1.82, 2.24) is 9.21 Å². The Bertz CT molecular complexity index is 739. The zero-order valence-electron chi connectivity index (χ0n) is 15.0. The van der Waals surface area contributed by atoms with Crippen molar-refractivity contribution in [3.63, 3.8) is 0 Å². The second-order valence-electron chi connectivity index (χ2n) is 6.67. The number of hydrogen-bond acceptors (Lipinski definition) is 5. The van der Waals surface area contributed by atoms with Gasteiger partial charge in [-0.05, 0) is 36.6 Å². The third kappa shape index (κ3) is 4.25. The molecule has 0 bridgehead atoms. The fraction of sp³-hybridized carbons (Fsp3) is 0.562. The Morgan fingerprint density at radius 2 is 2.04 bits per heavy atom. The molecule has 7 nitrogen and oxygen atoms in total. The van der Waals surface area contributed by atoms with Crippen LogP contribution in [0.25, 0.3) is 0 Å². The average molecular weight is 392 g/mol. The number of carbonyl (C=O) groups is 1. The number of halogens is 1. The average Bonchev–Trinajstić information content (AvgIpc) is 2.97. The summed E-state index contributed by atoms with van der Waals surface area (Å²) in [5.41, 5.74) is 5.78. The number of carbonyl (C=O) groups excluding carboxylic acids is 1.